The minimum Gasteiger partial charge on any atom is -0.207 e. The first-order valence-corrected chi connectivity index (χ1v) is 5.03. The molecule has 0 N–H and O–H groups in total. The van der Waals surface area contributed by atoms with Crippen LogP contribution in [0.2, 0.25) is 0 Å². The van der Waals surface area contributed by atoms with Crippen molar-refractivity contribution in [2.45, 2.75) is 34.1 Å². The van der Waals surface area contributed by atoms with Crippen LogP contribution in [0.3, 0.4) is 0 Å². The fourth-order valence-electron chi connectivity index (χ4n) is 1.84. The summed E-state index contributed by atoms with van der Waals surface area (Å²) in [5.74, 6) is -0.0967. The van der Waals surface area contributed by atoms with E-state index in [1.54, 1.807) is 6.07 Å². The molecule has 0 aliphatic carbocycles. The van der Waals surface area contributed by atoms with Crippen LogP contribution in [0.1, 0.15) is 36.1 Å². The van der Waals surface area contributed by atoms with Crippen molar-refractivity contribution in [1.29, 1.82) is 0 Å². The highest BCUT2D eigenvalue weighted by Crippen LogP contribution is 2.22. The zero-order chi connectivity index (χ0) is 10.7. The first kappa shape index (κ1) is 11.0. The van der Waals surface area contributed by atoms with E-state index in [1.165, 1.54) is 5.56 Å². The Bertz CT molecular complexity index is 362. The van der Waals surface area contributed by atoms with Crippen LogP contribution in [0.25, 0.3) is 6.08 Å². The van der Waals surface area contributed by atoms with Crippen LogP contribution in [0.4, 0.5) is 4.39 Å². The van der Waals surface area contributed by atoms with Gasteiger partial charge in [0, 0.05) is 0 Å². The SMILES string of the molecule is C/C=C/c1cc(F)c(C)c(CC)c1C. The molecule has 14 heavy (non-hydrogen) atoms. The lowest BCUT2D eigenvalue weighted by molar-refractivity contribution is 0.614. The second-order valence-corrected chi connectivity index (χ2v) is 3.53. The summed E-state index contributed by atoms with van der Waals surface area (Å²) >= 11 is 0. The van der Waals surface area contributed by atoms with Crippen LogP contribution in [0, 0.1) is 19.7 Å². The predicted molar refractivity (Wildman–Crippen MR) is 60.0 cm³/mol. The van der Waals surface area contributed by atoms with Crippen LogP contribution >= 0.6 is 0 Å². The van der Waals surface area contributed by atoms with Crippen molar-refractivity contribution in [2.24, 2.45) is 0 Å². The Hall–Kier alpha value is -1.11. The fourth-order valence-corrected chi connectivity index (χ4v) is 1.84. The normalized spacial score (nSPS) is 11.2. The summed E-state index contributed by atoms with van der Waals surface area (Å²) in [6.07, 6.45) is 4.79. The van der Waals surface area contributed by atoms with Crippen LogP contribution in [0.5, 0.6) is 0 Å². The van der Waals surface area contributed by atoms with E-state index in [0.717, 1.165) is 23.1 Å². The summed E-state index contributed by atoms with van der Waals surface area (Å²) in [4.78, 5) is 0. The molecule has 0 aromatic heterocycles. The zero-order valence-corrected chi connectivity index (χ0v) is 9.32. The third-order valence-electron chi connectivity index (χ3n) is 2.68. The molecule has 0 fully saturated rings. The highest BCUT2D eigenvalue weighted by atomic mass is 19.1. The smallest absolute Gasteiger partial charge is 0.127 e. The molecule has 0 amide bonds. The Kier molecular flexibility index (Phi) is 3.45. The average Bonchev–Trinajstić information content (AvgIpc) is 2.16. The summed E-state index contributed by atoms with van der Waals surface area (Å²) < 4.78 is 13.5. The van der Waals surface area contributed by atoms with Crippen LogP contribution < -0.4 is 0 Å². The van der Waals surface area contributed by atoms with Gasteiger partial charge in [0.2, 0.25) is 0 Å². The Labute approximate surface area is 85.5 Å². The van der Waals surface area contributed by atoms with Gasteiger partial charge in [-0.05, 0) is 55.5 Å². The number of rotatable bonds is 2. The summed E-state index contributed by atoms with van der Waals surface area (Å²) in [5, 5.41) is 0. The highest BCUT2D eigenvalue weighted by molar-refractivity contribution is 5.57. The molecule has 1 rings (SSSR count). The van der Waals surface area contributed by atoms with Gasteiger partial charge in [0.05, 0.1) is 0 Å². The van der Waals surface area contributed by atoms with E-state index < -0.39 is 0 Å². The van der Waals surface area contributed by atoms with Gasteiger partial charge in [-0.1, -0.05) is 19.1 Å². The number of hydrogen-bond donors (Lipinski definition) is 0. The Morgan fingerprint density at radius 2 is 1.93 bits per heavy atom. The Morgan fingerprint density at radius 1 is 1.29 bits per heavy atom. The second kappa shape index (κ2) is 4.41. The van der Waals surface area contributed by atoms with E-state index in [4.69, 9.17) is 0 Å². The number of hydrogen-bond acceptors (Lipinski definition) is 0. The summed E-state index contributed by atoms with van der Waals surface area (Å²) in [7, 11) is 0. The molecular formula is C13H17F. The quantitative estimate of drug-likeness (QED) is 0.663. The topological polar surface area (TPSA) is 0 Å². The lowest BCUT2D eigenvalue weighted by Gasteiger charge is -2.11. The summed E-state index contributed by atoms with van der Waals surface area (Å²) in [6, 6.07) is 1.61. The fraction of sp³-hybridized carbons (Fsp3) is 0.385. The van der Waals surface area contributed by atoms with Crippen molar-refractivity contribution in [3.8, 4) is 0 Å². The molecular weight excluding hydrogens is 175 g/mol. The minimum atomic E-state index is -0.0967. The van der Waals surface area contributed by atoms with Crippen LogP contribution in [0.15, 0.2) is 12.1 Å². The van der Waals surface area contributed by atoms with Gasteiger partial charge in [0.15, 0.2) is 0 Å². The number of benzene rings is 1. The summed E-state index contributed by atoms with van der Waals surface area (Å²) in [5.41, 5.74) is 4.12. The van der Waals surface area contributed by atoms with E-state index in [0.29, 0.717) is 0 Å². The van der Waals surface area contributed by atoms with E-state index in [1.807, 2.05) is 26.0 Å². The molecule has 1 heteroatoms. The zero-order valence-electron chi connectivity index (χ0n) is 9.32. The molecule has 0 heterocycles. The maximum atomic E-state index is 13.5. The van der Waals surface area contributed by atoms with Gasteiger partial charge in [-0.2, -0.15) is 0 Å². The van der Waals surface area contributed by atoms with Crippen molar-refractivity contribution in [1.82, 2.24) is 0 Å². The molecule has 0 bridgehead atoms. The first-order valence-electron chi connectivity index (χ1n) is 5.03. The molecule has 0 spiro atoms. The predicted octanol–water partition coefficient (Wildman–Crippen LogP) is 4.04. The number of allylic oxidation sites excluding steroid dienone is 1. The van der Waals surface area contributed by atoms with Crippen molar-refractivity contribution in [3.05, 3.63) is 40.2 Å². The van der Waals surface area contributed by atoms with Gasteiger partial charge in [-0.25, -0.2) is 4.39 Å². The van der Waals surface area contributed by atoms with Crippen molar-refractivity contribution < 1.29 is 4.39 Å². The van der Waals surface area contributed by atoms with Gasteiger partial charge < -0.3 is 0 Å². The maximum absolute atomic E-state index is 13.5. The van der Waals surface area contributed by atoms with Crippen LogP contribution in [-0.2, 0) is 6.42 Å². The lowest BCUT2D eigenvalue weighted by atomic mass is 9.95. The first-order chi connectivity index (χ1) is 6.61. The molecule has 0 saturated heterocycles. The summed E-state index contributed by atoms with van der Waals surface area (Å²) in [6.45, 7) is 7.91. The van der Waals surface area contributed by atoms with Gasteiger partial charge in [-0.15, -0.1) is 0 Å². The molecule has 0 radical (unpaired) electrons. The molecule has 0 aliphatic heterocycles. The van der Waals surface area contributed by atoms with Crippen molar-refractivity contribution in [2.75, 3.05) is 0 Å². The Balaban J connectivity index is 3.42. The van der Waals surface area contributed by atoms with Crippen molar-refractivity contribution >= 4 is 6.08 Å². The third kappa shape index (κ3) is 1.87. The maximum Gasteiger partial charge on any atom is 0.127 e. The van der Waals surface area contributed by atoms with E-state index in [2.05, 4.69) is 13.8 Å². The molecule has 0 atom stereocenters. The number of halogens is 1. The molecule has 1 aromatic rings. The molecule has 0 aliphatic rings. The highest BCUT2D eigenvalue weighted by Gasteiger charge is 2.08. The molecule has 0 unspecified atom stereocenters. The largest absolute Gasteiger partial charge is 0.207 e. The molecule has 76 valence electrons. The average molecular weight is 192 g/mol. The monoisotopic (exact) mass is 192 g/mol. The lowest BCUT2D eigenvalue weighted by Crippen LogP contribution is -1.98. The van der Waals surface area contributed by atoms with E-state index >= 15 is 0 Å². The second-order valence-electron chi connectivity index (χ2n) is 3.53. The van der Waals surface area contributed by atoms with Crippen LogP contribution in [-0.4, -0.2) is 0 Å². The molecule has 0 nitrogen and oxygen atoms in total. The minimum absolute atomic E-state index is 0.0967. The Morgan fingerprint density at radius 3 is 2.43 bits per heavy atom. The van der Waals surface area contributed by atoms with Gasteiger partial charge in [-0.3, -0.25) is 0 Å². The van der Waals surface area contributed by atoms with E-state index in [-0.39, 0.29) is 5.82 Å². The van der Waals surface area contributed by atoms with Gasteiger partial charge in [0.1, 0.15) is 5.82 Å². The van der Waals surface area contributed by atoms with Crippen molar-refractivity contribution in [3.63, 3.8) is 0 Å². The third-order valence-corrected chi connectivity index (χ3v) is 2.68. The molecule has 0 saturated carbocycles. The molecule has 1 aromatic carbocycles. The standard InChI is InChI=1S/C13H17F/c1-5-7-11-8-13(14)10(4)12(6-2)9(11)3/h5,7-8H,6H2,1-4H3/b7-5+. The van der Waals surface area contributed by atoms with Gasteiger partial charge >= 0.3 is 0 Å². The van der Waals surface area contributed by atoms with E-state index in [9.17, 15) is 4.39 Å². The van der Waals surface area contributed by atoms with Gasteiger partial charge in [0.25, 0.3) is 0 Å².